The minimum atomic E-state index is -0.0816. The van der Waals surface area contributed by atoms with Gasteiger partial charge in [-0.3, -0.25) is 14.7 Å². The SMILES string of the molecule is Cc1onc(-c2ccccc2)c1CN1CCc2nc(-c3ccncc3)[nH]c(=O)c2C1. The van der Waals surface area contributed by atoms with E-state index in [0.29, 0.717) is 18.9 Å². The maximum atomic E-state index is 12.8. The molecule has 150 valence electrons. The first-order valence-corrected chi connectivity index (χ1v) is 9.94. The molecule has 3 aromatic heterocycles. The van der Waals surface area contributed by atoms with E-state index in [9.17, 15) is 4.79 Å². The summed E-state index contributed by atoms with van der Waals surface area (Å²) in [6.45, 7) is 3.97. The smallest absolute Gasteiger partial charge is 0.255 e. The molecule has 7 nitrogen and oxygen atoms in total. The lowest BCUT2D eigenvalue weighted by atomic mass is 10.0. The van der Waals surface area contributed by atoms with Crippen LogP contribution in [0, 0.1) is 6.92 Å². The Morgan fingerprint density at radius 1 is 1.10 bits per heavy atom. The van der Waals surface area contributed by atoms with Crippen molar-refractivity contribution in [2.75, 3.05) is 6.54 Å². The summed E-state index contributed by atoms with van der Waals surface area (Å²) in [5.41, 5.74) is 5.33. The number of aromatic nitrogens is 4. The molecule has 5 rings (SSSR count). The topological polar surface area (TPSA) is 87.9 Å². The van der Waals surface area contributed by atoms with E-state index in [1.807, 2.05) is 49.4 Å². The van der Waals surface area contributed by atoms with Crippen LogP contribution in [0.4, 0.5) is 0 Å². The predicted molar refractivity (Wildman–Crippen MR) is 113 cm³/mol. The van der Waals surface area contributed by atoms with Gasteiger partial charge in [0.05, 0.1) is 11.3 Å². The van der Waals surface area contributed by atoms with Gasteiger partial charge in [-0.15, -0.1) is 0 Å². The normalized spacial score (nSPS) is 13.9. The second-order valence-electron chi connectivity index (χ2n) is 7.47. The van der Waals surface area contributed by atoms with Crippen LogP contribution in [0.5, 0.6) is 0 Å². The van der Waals surface area contributed by atoms with Gasteiger partial charge in [0, 0.05) is 55.1 Å². The molecule has 4 heterocycles. The van der Waals surface area contributed by atoms with Crippen LogP contribution in [0.2, 0.25) is 0 Å². The third-order valence-corrected chi connectivity index (χ3v) is 5.52. The third-order valence-electron chi connectivity index (χ3n) is 5.52. The molecule has 30 heavy (non-hydrogen) atoms. The fraction of sp³-hybridized carbons (Fsp3) is 0.217. The number of aromatic amines is 1. The number of aryl methyl sites for hydroxylation is 1. The first kappa shape index (κ1) is 18.4. The van der Waals surface area contributed by atoms with Crippen LogP contribution in [-0.4, -0.2) is 31.6 Å². The van der Waals surface area contributed by atoms with Crippen molar-refractivity contribution in [3.63, 3.8) is 0 Å². The fourth-order valence-corrected chi connectivity index (χ4v) is 3.89. The van der Waals surface area contributed by atoms with Crippen molar-refractivity contribution in [1.29, 1.82) is 0 Å². The minimum absolute atomic E-state index is 0.0816. The molecule has 0 fully saturated rings. The summed E-state index contributed by atoms with van der Waals surface area (Å²) in [6, 6.07) is 13.7. The number of benzene rings is 1. The van der Waals surface area contributed by atoms with Gasteiger partial charge < -0.3 is 9.51 Å². The summed E-state index contributed by atoms with van der Waals surface area (Å²) >= 11 is 0. The predicted octanol–water partition coefficient (Wildman–Crippen LogP) is 3.35. The summed E-state index contributed by atoms with van der Waals surface area (Å²) in [5, 5.41) is 4.27. The van der Waals surface area contributed by atoms with E-state index in [1.165, 1.54) is 0 Å². The lowest BCUT2D eigenvalue weighted by Gasteiger charge is -2.27. The number of nitrogens with zero attached hydrogens (tertiary/aromatic N) is 4. The molecule has 0 atom stereocenters. The number of pyridine rings is 1. The fourth-order valence-electron chi connectivity index (χ4n) is 3.89. The molecular formula is C23H21N5O2. The van der Waals surface area contributed by atoms with Crippen molar-refractivity contribution >= 4 is 0 Å². The van der Waals surface area contributed by atoms with Crippen LogP contribution < -0.4 is 5.56 Å². The highest BCUT2D eigenvalue weighted by atomic mass is 16.5. The largest absolute Gasteiger partial charge is 0.361 e. The molecule has 1 N–H and O–H groups in total. The van der Waals surface area contributed by atoms with Crippen LogP contribution in [0.25, 0.3) is 22.6 Å². The zero-order chi connectivity index (χ0) is 20.5. The van der Waals surface area contributed by atoms with Crippen molar-refractivity contribution in [3.05, 3.63) is 87.8 Å². The average molecular weight is 399 g/mol. The summed E-state index contributed by atoms with van der Waals surface area (Å²) in [7, 11) is 0. The monoisotopic (exact) mass is 399 g/mol. The highest BCUT2D eigenvalue weighted by molar-refractivity contribution is 5.63. The molecule has 1 aromatic carbocycles. The van der Waals surface area contributed by atoms with Gasteiger partial charge in [-0.2, -0.15) is 0 Å². The van der Waals surface area contributed by atoms with Crippen LogP contribution >= 0.6 is 0 Å². The molecule has 4 aromatic rings. The number of nitrogens with one attached hydrogen (secondary N) is 1. The van der Waals surface area contributed by atoms with E-state index in [4.69, 9.17) is 9.51 Å². The zero-order valence-corrected chi connectivity index (χ0v) is 16.6. The molecule has 0 aliphatic carbocycles. The van der Waals surface area contributed by atoms with Gasteiger partial charge in [0.2, 0.25) is 0 Å². The van der Waals surface area contributed by atoms with E-state index in [0.717, 1.165) is 52.4 Å². The quantitative estimate of drug-likeness (QED) is 0.566. The van der Waals surface area contributed by atoms with E-state index < -0.39 is 0 Å². The van der Waals surface area contributed by atoms with Crippen LogP contribution in [0.3, 0.4) is 0 Å². The molecule has 0 saturated carbocycles. The number of rotatable bonds is 4. The molecule has 0 unspecified atom stereocenters. The molecule has 0 amide bonds. The number of hydrogen-bond donors (Lipinski definition) is 1. The highest BCUT2D eigenvalue weighted by Gasteiger charge is 2.24. The van der Waals surface area contributed by atoms with Crippen molar-refractivity contribution in [3.8, 4) is 22.6 Å². The molecule has 0 spiro atoms. The van der Waals surface area contributed by atoms with E-state index in [2.05, 4.69) is 20.0 Å². The molecule has 1 aliphatic heterocycles. The highest BCUT2D eigenvalue weighted by Crippen LogP contribution is 2.28. The Morgan fingerprint density at radius 3 is 2.70 bits per heavy atom. The number of hydrogen-bond acceptors (Lipinski definition) is 6. The summed E-state index contributed by atoms with van der Waals surface area (Å²) in [4.78, 5) is 26.7. The summed E-state index contributed by atoms with van der Waals surface area (Å²) < 4.78 is 5.49. The maximum absolute atomic E-state index is 12.8. The first-order chi connectivity index (χ1) is 14.7. The summed E-state index contributed by atoms with van der Waals surface area (Å²) in [5.74, 6) is 1.40. The van der Waals surface area contributed by atoms with Crippen LogP contribution in [-0.2, 0) is 19.5 Å². The lowest BCUT2D eigenvalue weighted by Crippen LogP contribution is -2.35. The van der Waals surface area contributed by atoms with E-state index >= 15 is 0 Å². The number of fused-ring (bicyclic) bond motifs is 1. The van der Waals surface area contributed by atoms with E-state index in [1.54, 1.807) is 12.4 Å². The summed E-state index contributed by atoms with van der Waals surface area (Å²) in [6.07, 6.45) is 4.12. The molecule has 7 heteroatoms. The minimum Gasteiger partial charge on any atom is -0.361 e. The van der Waals surface area contributed by atoms with Gasteiger partial charge in [-0.25, -0.2) is 4.98 Å². The lowest BCUT2D eigenvalue weighted by molar-refractivity contribution is 0.240. The number of H-pyrrole nitrogens is 1. The Kier molecular flexibility index (Phi) is 4.72. The molecule has 1 aliphatic rings. The Labute approximate surface area is 173 Å². The molecule has 0 saturated heterocycles. The second kappa shape index (κ2) is 7.68. The average Bonchev–Trinajstić information content (AvgIpc) is 3.15. The van der Waals surface area contributed by atoms with Crippen molar-refractivity contribution in [2.45, 2.75) is 26.4 Å². The first-order valence-electron chi connectivity index (χ1n) is 9.94. The Bertz CT molecular complexity index is 1230. The molecule has 0 bridgehead atoms. The third kappa shape index (κ3) is 3.44. The molecule has 0 radical (unpaired) electrons. The van der Waals surface area contributed by atoms with Gasteiger partial charge in [0.15, 0.2) is 0 Å². The van der Waals surface area contributed by atoms with Crippen LogP contribution in [0.1, 0.15) is 22.6 Å². The van der Waals surface area contributed by atoms with Gasteiger partial charge in [0.1, 0.15) is 17.3 Å². The van der Waals surface area contributed by atoms with Gasteiger partial charge in [-0.1, -0.05) is 35.5 Å². The Morgan fingerprint density at radius 2 is 1.90 bits per heavy atom. The Balaban J connectivity index is 1.41. The van der Waals surface area contributed by atoms with Crippen molar-refractivity contribution in [1.82, 2.24) is 25.0 Å². The standard InChI is InChI=1S/C23H21N5O2/c1-15-18(21(27-30-15)16-5-3-2-4-6-16)13-28-12-9-20-19(14-28)23(29)26-22(25-20)17-7-10-24-11-8-17/h2-8,10-11H,9,12-14H2,1H3,(H,25,26,29). The van der Waals surface area contributed by atoms with E-state index in [-0.39, 0.29) is 5.56 Å². The van der Waals surface area contributed by atoms with Gasteiger partial charge in [0.25, 0.3) is 5.56 Å². The molecular weight excluding hydrogens is 378 g/mol. The maximum Gasteiger partial charge on any atom is 0.255 e. The van der Waals surface area contributed by atoms with Crippen molar-refractivity contribution < 1.29 is 4.52 Å². The van der Waals surface area contributed by atoms with Gasteiger partial charge in [-0.05, 0) is 19.1 Å². The Hall–Kier alpha value is -3.58. The van der Waals surface area contributed by atoms with Crippen molar-refractivity contribution in [2.24, 2.45) is 0 Å². The van der Waals surface area contributed by atoms with Crippen LogP contribution in [0.15, 0.2) is 64.2 Å². The van der Waals surface area contributed by atoms with Gasteiger partial charge >= 0.3 is 0 Å². The second-order valence-corrected chi connectivity index (χ2v) is 7.47. The zero-order valence-electron chi connectivity index (χ0n) is 16.6.